The van der Waals surface area contributed by atoms with E-state index in [0.717, 1.165) is 5.56 Å². The van der Waals surface area contributed by atoms with Crippen LogP contribution in [-0.4, -0.2) is 36.4 Å². The van der Waals surface area contributed by atoms with Gasteiger partial charge in [-0.05, 0) is 23.8 Å². The van der Waals surface area contributed by atoms with Gasteiger partial charge in [0, 0.05) is 6.08 Å². The van der Waals surface area contributed by atoms with Crippen molar-refractivity contribution in [3.05, 3.63) is 41.9 Å². The third kappa shape index (κ3) is 3.51. The second-order valence-electron chi connectivity index (χ2n) is 4.22. The number of hydrogen-bond donors (Lipinski definition) is 2. The summed E-state index contributed by atoms with van der Waals surface area (Å²) in [6.45, 7) is 0. The average Bonchev–Trinajstić information content (AvgIpc) is 2.99. The Labute approximate surface area is 127 Å². The maximum absolute atomic E-state index is 11.8. The Hall–Kier alpha value is -3.09. The van der Waals surface area contributed by atoms with E-state index in [-0.39, 0.29) is 11.5 Å². The average molecular weight is 301 g/mol. The molecule has 0 atom stereocenters. The Bertz CT molecular complexity index is 707. The molecule has 1 heterocycles. The van der Waals surface area contributed by atoms with Gasteiger partial charge < -0.3 is 19.8 Å². The Morgan fingerprint density at radius 2 is 2.05 bits per heavy atom. The van der Waals surface area contributed by atoms with Gasteiger partial charge in [-0.15, -0.1) is 0 Å². The number of hydrogen-bond acceptors (Lipinski definition) is 5. The lowest BCUT2D eigenvalue weighted by molar-refractivity contribution is -0.111. The van der Waals surface area contributed by atoms with Crippen molar-refractivity contribution in [1.82, 2.24) is 9.97 Å². The molecule has 0 saturated carbocycles. The number of benzene rings is 1. The Morgan fingerprint density at radius 1 is 1.27 bits per heavy atom. The summed E-state index contributed by atoms with van der Waals surface area (Å²) in [4.78, 5) is 29.0. The molecule has 7 heteroatoms. The van der Waals surface area contributed by atoms with Crippen LogP contribution in [0.15, 0.2) is 30.6 Å². The van der Waals surface area contributed by atoms with Crippen molar-refractivity contribution in [1.29, 1.82) is 0 Å². The number of methoxy groups -OCH3 is 2. The maximum atomic E-state index is 11.8. The smallest absolute Gasteiger partial charge is 0.249 e. The lowest BCUT2D eigenvalue weighted by Gasteiger charge is -2.07. The monoisotopic (exact) mass is 301 g/mol. The molecule has 0 unspecified atom stereocenters. The van der Waals surface area contributed by atoms with Gasteiger partial charge in [0.2, 0.25) is 5.91 Å². The summed E-state index contributed by atoms with van der Waals surface area (Å²) >= 11 is 0. The highest BCUT2D eigenvalue weighted by atomic mass is 16.5. The number of carbonyl (C=O) groups is 2. The Balaban J connectivity index is 2.08. The van der Waals surface area contributed by atoms with Gasteiger partial charge in [0.15, 0.2) is 23.6 Å². The molecule has 0 saturated heterocycles. The molecule has 0 aliphatic rings. The minimum Gasteiger partial charge on any atom is -0.493 e. The van der Waals surface area contributed by atoms with Crippen molar-refractivity contribution < 1.29 is 19.1 Å². The summed E-state index contributed by atoms with van der Waals surface area (Å²) in [5, 5.41) is 2.51. The van der Waals surface area contributed by atoms with Crippen LogP contribution in [0.1, 0.15) is 16.1 Å². The zero-order valence-corrected chi connectivity index (χ0v) is 12.1. The fourth-order valence-electron chi connectivity index (χ4n) is 1.78. The number of nitrogens with zero attached hydrogens (tertiary/aromatic N) is 1. The third-order valence-electron chi connectivity index (χ3n) is 2.86. The zero-order chi connectivity index (χ0) is 15.9. The van der Waals surface area contributed by atoms with Crippen LogP contribution in [-0.2, 0) is 4.79 Å². The molecule has 114 valence electrons. The first-order chi connectivity index (χ1) is 10.7. The van der Waals surface area contributed by atoms with E-state index in [1.807, 2.05) is 0 Å². The van der Waals surface area contributed by atoms with Gasteiger partial charge in [0.25, 0.3) is 0 Å². The second-order valence-corrected chi connectivity index (χ2v) is 4.22. The number of carbonyl (C=O) groups excluding carboxylic acids is 2. The lowest BCUT2D eigenvalue weighted by atomic mass is 10.2. The molecule has 2 N–H and O–H groups in total. The zero-order valence-electron chi connectivity index (χ0n) is 12.1. The molecule has 1 amide bonds. The summed E-state index contributed by atoms with van der Waals surface area (Å²) in [5.41, 5.74) is 0.985. The quantitative estimate of drug-likeness (QED) is 0.628. The summed E-state index contributed by atoms with van der Waals surface area (Å²) in [7, 11) is 3.09. The van der Waals surface area contributed by atoms with Crippen LogP contribution in [0.2, 0.25) is 0 Å². The largest absolute Gasteiger partial charge is 0.493 e. The molecule has 0 radical (unpaired) electrons. The van der Waals surface area contributed by atoms with Crippen LogP contribution in [0.3, 0.4) is 0 Å². The van der Waals surface area contributed by atoms with E-state index in [4.69, 9.17) is 9.47 Å². The number of H-pyrrole nitrogens is 1. The summed E-state index contributed by atoms with van der Waals surface area (Å²) < 4.78 is 10.3. The van der Waals surface area contributed by atoms with Gasteiger partial charge in [0.05, 0.1) is 20.5 Å². The topological polar surface area (TPSA) is 93.3 Å². The number of imidazole rings is 1. The minimum absolute atomic E-state index is 0.192. The van der Waals surface area contributed by atoms with Crippen molar-refractivity contribution in [3.8, 4) is 11.5 Å². The predicted octanol–water partition coefficient (Wildman–Crippen LogP) is 1.89. The molecule has 0 aliphatic carbocycles. The molecule has 7 nitrogen and oxygen atoms in total. The van der Waals surface area contributed by atoms with E-state index in [1.54, 1.807) is 31.4 Å². The first-order valence-corrected chi connectivity index (χ1v) is 6.37. The van der Waals surface area contributed by atoms with Crippen LogP contribution in [0.5, 0.6) is 11.5 Å². The van der Waals surface area contributed by atoms with E-state index in [0.29, 0.717) is 17.8 Å². The predicted molar refractivity (Wildman–Crippen MR) is 81.2 cm³/mol. The van der Waals surface area contributed by atoms with Gasteiger partial charge in [-0.1, -0.05) is 6.07 Å². The van der Waals surface area contributed by atoms with Crippen molar-refractivity contribution in [3.63, 3.8) is 0 Å². The Morgan fingerprint density at radius 3 is 2.73 bits per heavy atom. The summed E-state index contributed by atoms with van der Waals surface area (Å²) in [6, 6.07) is 5.28. The third-order valence-corrected chi connectivity index (χ3v) is 2.86. The number of aromatic nitrogens is 2. The Kier molecular flexibility index (Phi) is 4.92. The normalized spacial score (nSPS) is 10.5. The van der Waals surface area contributed by atoms with Gasteiger partial charge >= 0.3 is 0 Å². The number of anilines is 1. The van der Waals surface area contributed by atoms with Crippen LogP contribution >= 0.6 is 0 Å². The van der Waals surface area contributed by atoms with E-state index in [1.165, 1.54) is 19.5 Å². The van der Waals surface area contributed by atoms with Crippen molar-refractivity contribution in [2.75, 3.05) is 19.5 Å². The molecule has 1 aromatic carbocycles. The number of aromatic amines is 1. The lowest BCUT2D eigenvalue weighted by Crippen LogP contribution is -2.09. The van der Waals surface area contributed by atoms with Crippen LogP contribution in [0.4, 0.5) is 5.82 Å². The number of nitrogens with one attached hydrogen (secondary N) is 2. The molecule has 22 heavy (non-hydrogen) atoms. The molecule has 2 rings (SSSR count). The number of amides is 1. The molecule has 0 fully saturated rings. The van der Waals surface area contributed by atoms with Gasteiger partial charge in [-0.25, -0.2) is 4.98 Å². The first kappa shape index (κ1) is 15.3. The second kappa shape index (κ2) is 7.07. The number of ether oxygens (including phenoxy) is 2. The molecular formula is C15H15N3O4. The molecule has 1 aromatic heterocycles. The molecule has 2 aromatic rings. The highest BCUT2D eigenvalue weighted by Crippen LogP contribution is 2.27. The number of rotatable bonds is 6. The summed E-state index contributed by atoms with van der Waals surface area (Å²) in [5.74, 6) is 0.971. The van der Waals surface area contributed by atoms with Crippen molar-refractivity contribution in [2.24, 2.45) is 0 Å². The molecule has 0 aliphatic heterocycles. The molecular weight excluding hydrogens is 286 g/mol. The highest BCUT2D eigenvalue weighted by molar-refractivity contribution is 6.03. The minimum atomic E-state index is -0.398. The molecule has 0 spiro atoms. The van der Waals surface area contributed by atoms with E-state index in [2.05, 4.69) is 15.3 Å². The fourth-order valence-corrected chi connectivity index (χ4v) is 1.78. The molecule has 0 bridgehead atoms. The SMILES string of the molecule is COc1ccc(/C=C/C(=O)Nc2nc[nH]c2C=O)cc1OC. The first-order valence-electron chi connectivity index (χ1n) is 6.37. The van der Waals surface area contributed by atoms with Crippen LogP contribution in [0, 0.1) is 0 Å². The standard InChI is InChI=1S/C15H15N3O4/c1-21-12-5-3-10(7-13(12)22-2)4-6-14(20)18-15-11(8-19)16-9-17-15/h3-9H,1-2H3,(H,16,17)(H,18,20)/b6-4+. The highest BCUT2D eigenvalue weighted by Gasteiger charge is 2.07. The van der Waals surface area contributed by atoms with Crippen molar-refractivity contribution in [2.45, 2.75) is 0 Å². The van der Waals surface area contributed by atoms with E-state index < -0.39 is 5.91 Å². The number of aldehydes is 1. The van der Waals surface area contributed by atoms with Gasteiger partial charge in [0.1, 0.15) is 5.69 Å². The maximum Gasteiger partial charge on any atom is 0.249 e. The van der Waals surface area contributed by atoms with E-state index >= 15 is 0 Å². The summed E-state index contributed by atoms with van der Waals surface area (Å²) in [6.07, 6.45) is 4.87. The van der Waals surface area contributed by atoms with Crippen LogP contribution < -0.4 is 14.8 Å². The van der Waals surface area contributed by atoms with Crippen LogP contribution in [0.25, 0.3) is 6.08 Å². The van der Waals surface area contributed by atoms with Gasteiger partial charge in [-0.2, -0.15) is 0 Å². The van der Waals surface area contributed by atoms with Crippen molar-refractivity contribution >= 4 is 24.1 Å². The van der Waals surface area contributed by atoms with E-state index in [9.17, 15) is 9.59 Å². The fraction of sp³-hybridized carbons (Fsp3) is 0.133. The van der Waals surface area contributed by atoms with Gasteiger partial charge in [-0.3, -0.25) is 9.59 Å².